The number of Topliss-reactive ketones (excluding diaryl/α,β-unsaturated/α-hetero) is 1. The van der Waals surface area contributed by atoms with Crippen LogP contribution in [0.15, 0.2) is 60.8 Å². The van der Waals surface area contributed by atoms with Gasteiger partial charge in [0.1, 0.15) is 11.7 Å². The second-order valence-electron chi connectivity index (χ2n) is 11.1. The number of carbonyl (C=O) groups is 5. The summed E-state index contributed by atoms with van der Waals surface area (Å²) in [7, 11) is 0. The van der Waals surface area contributed by atoms with Crippen molar-refractivity contribution in [2.45, 2.75) is 57.7 Å². The zero-order valence-electron chi connectivity index (χ0n) is 23.3. The first kappa shape index (κ1) is 29.3. The molecule has 3 aromatic rings. The molecule has 1 aliphatic heterocycles. The smallest absolute Gasteiger partial charge is 0.290 e. The highest BCUT2D eigenvalue weighted by molar-refractivity contribution is 6.38. The van der Waals surface area contributed by atoms with Crippen LogP contribution in [0, 0.1) is 5.92 Å². The Kier molecular flexibility index (Phi) is 9.06. The van der Waals surface area contributed by atoms with Crippen molar-refractivity contribution in [3.05, 3.63) is 72.1 Å². The molecule has 11 heteroatoms. The fourth-order valence-electron chi connectivity index (χ4n) is 4.58. The van der Waals surface area contributed by atoms with Gasteiger partial charge in [-0.25, -0.2) is 4.98 Å². The Hall–Kier alpha value is -4.67. The molecule has 1 unspecified atom stereocenters. The van der Waals surface area contributed by atoms with Crippen LogP contribution in [-0.2, 0) is 25.6 Å². The Balaban J connectivity index is 1.58. The first-order valence-electron chi connectivity index (χ1n) is 13.5. The van der Waals surface area contributed by atoms with E-state index in [2.05, 4.69) is 31.2 Å². The van der Waals surface area contributed by atoms with Gasteiger partial charge in [0, 0.05) is 24.4 Å². The number of amides is 4. The Bertz CT molecular complexity index is 1450. The van der Waals surface area contributed by atoms with E-state index in [1.807, 2.05) is 36.4 Å². The molecule has 2 aromatic carbocycles. The van der Waals surface area contributed by atoms with Crippen molar-refractivity contribution < 1.29 is 24.0 Å². The van der Waals surface area contributed by atoms with Crippen molar-refractivity contribution in [3.63, 3.8) is 0 Å². The minimum Gasteiger partial charge on any atom is -0.356 e. The lowest BCUT2D eigenvalue weighted by Crippen LogP contribution is -2.56. The summed E-state index contributed by atoms with van der Waals surface area (Å²) in [4.78, 5) is 73.8. The third-order valence-corrected chi connectivity index (χ3v) is 6.61. The number of hydrogen-bond donors (Lipinski definition) is 4. The van der Waals surface area contributed by atoms with Gasteiger partial charge in [0.2, 0.25) is 17.6 Å². The zero-order chi connectivity index (χ0) is 29.6. The average molecular weight is 559 g/mol. The molecule has 11 nitrogen and oxygen atoms in total. The van der Waals surface area contributed by atoms with Gasteiger partial charge in [-0.15, -0.1) is 0 Å². The topological polar surface area (TPSA) is 159 Å². The van der Waals surface area contributed by atoms with Gasteiger partial charge in [0.05, 0.1) is 23.3 Å². The predicted octanol–water partition coefficient (Wildman–Crippen LogP) is 1.47. The van der Waals surface area contributed by atoms with E-state index < -0.39 is 47.0 Å². The Morgan fingerprint density at radius 1 is 0.951 bits per heavy atom. The molecule has 0 spiro atoms. The number of hydrogen-bond acceptors (Lipinski definition) is 7. The monoisotopic (exact) mass is 558 g/mol. The maximum atomic E-state index is 13.7. The lowest BCUT2D eigenvalue weighted by atomic mass is 9.94. The van der Waals surface area contributed by atoms with Crippen molar-refractivity contribution in [3.8, 4) is 0 Å². The molecule has 1 aliphatic rings. The molecule has 4 rings (SSSR count). The molecule has 1 aromatic heterocycles. The summed E-state index contributed by atoms with van der Waals surface area (Å²) < 4.78 is 0. The molecule has 41 heavy (non-hydrogen) atoms. The number of fused-ring (bicyclic) bond motifs is 1. The number of rotatable bonds is 10. The van der Waals surface area contributed by atoms with Crippen LogP contribution in [0.2, 0.25) is 0 Å². The molecule has 1 saturated heterocycles. The molecule has 3 atom stereocenters. The number of ketones is 1. The van der Waals surface area contributed by atoms with Crippen LogP contribution >= 0.6 is 0 Å². The largest absolute Gasteiger partial charge is 0.356 e. The van der Waals surface area contributed by atoms with E-state index in [0.717, 1.165) is 5.56 Å². The van der Waals surface area contributed by atoms with Gasteiger partial charge in [0.25, 0.3) is 11.8 Å². The van der Waals surface area contributed by atoms with Gasteiger partial charge < -0.3 is 21.3 Å². The first-order valence-corrected chi connectivity index (χ1v) is 13.5. The summed E-state index contributed by atoms with van der Waals surface area (Å²) in [6.45, 7) is 5.65. The molecular formula is C30H34N6O5. The number of para-hydroxylation sites is 2. The Morgan fingerprint density at radius 2 is 1.63 bits per heavy atom. The maximum absolute atomic E-state index is 13.7. The van der Waals surface area contributed by atoms with Crippen molar-refractivity contribution in [2.75, 3.05) is 6.54 Å². The predicted molar refractivity (Wildman–Crippen MR) is 152 cm³/mol. The van der Waals surface area contributed by atoms with E-state index in [1.165, 1.54) is 6.20 Å². The van der Waals surface area contributed by atoms with Gasteiger partial charge >= 0.3 is 0 Å². The summed E-state index contributed by atoms with van der Waals surface area (Å²) in [5.74, 6) is -3.80. The molecule has 214 valence electrons. The van der Waals surface area contributed by atoms with Crippen LogP contribution in [0.25, 0.3) is 11.0 Å². The lowest BCUT2D eigenvalue weighted by molar-refractivity contribution is -0.141. The minimum atomic E-state index is -1.27. The van der Waals surface area contributed by atoms with Gasteiger partial charge in [-0.05, 0) is 51.3 Å². The fourth-order valence-corrected chi connectivity index (χ4v) is 4.58. The van der Waals surface area contributed by atoms with Crippen LogP contribution < -0.4 is 21.3 Å². The Morgan fingerprint density at radius 3 is 2.29 bits per heavy atom. The maximum Gasteiger partial charge on any atom is 0.290 e. The van der Waals surface area contributed by atoms with Gasteiger partial charge in [-0.1, -0.05) is 42.5 Å². The van der Waals surface area contributed by atoms with E-state index in [0.29, 0.717) is 24.0 Å². The summed E-state index contributed by atoms with van der Waals surface area (Å²) in [6, 6.07) is 13.8. The SMILES string of the molecule is CC(C)(C)NC(=O)C(=O)C(C[C@@H]1CCNC1=O)NC(=O)[C@H](Cc1ccccc1)NC(=O)c1cnc2ccccc2n1. The molecule has 0 aliphatic carbocycles. The van der Waals surface area contributed by atoms with Crippen LogP contribution in [0.4, 0.5) is 0 Å². The Labute approximate surface area is 237 Å². The molecule has 1 fully saturated rings. The van der Waals surface area contributed by atoms with Gasteiger partial charge in [0.15, 0.2) is 0 Å². The van der Waals surface area contributed by atoms with E-state index in [-0.39, 0.29) is 24.4 Å². The number of nitrogens with zero attached hydrogens (tertiary/aromatic N) is 2. The lowest BCUT2D eigenvalue weighted by Gasteiger charge is -2.26. The van der Waals surface area contributed by atoms with Crippen molar-refractivity contribution >= 4 is 40.4 Å². The molecule has 0 saturated carbocycles. The molecule has 4 N–H and O–H groups in total. The van der Waals surface area contributed by atoms with E-state index >= 15 is 0 Å². The van der Waals surface area contributed by atoms with Gasteiger partial charge in [-0.3, -0.25) is 29.0 Å². The number of nitrogens with one attached hydrogen (secondary N) is 4. The van der Waals surface area contributed by atoms with Crippen LogP contribution in [0.1, 0.15) is 49.7 Å². The average Bonchev–Trinajstić information content (AvgIpc) is 3.35. The zero-order valence-corrected chi connectivity index (χ0v) is 23.3. The van der Waals surface area contributed by atoms with Crippen LogP contribution in [0.3, 0.4) is 0 Å². The number of benzene rings is 2. The third-order valence-electron chi connectivity index (χ3n) is 6.61. The third kappa shape index (κ3) is 7.93. The summed E-state index contributed by atoms with van der Waals surface area (Å²) >= 11 is 0. The summed E-state index contributed by atoms with van der Waals surface area (Å²) in [6.07, 6.45) is 1.87. The van der Waals surface area contributed by atoms with Crippen molar-refractivity contribution in [1.82, 2.24) is 31.2 Å². The highest BCUT2D eigenvalue weighted by atomic mass is 16.2. The molecule has 4 amide bonds. The first-order chi connectivity index (χ1) is 19.5. The normalized spacial score (nSPS) is 16.4. The highest BCUT2D eigenvalue weighted by Crippen LogP contribution is 2.18. The summed E-state index contributed by atoms with van der Waals surface area (Å²) in [5, 5.41) is 10.7. The van der Waals surface area contributed by atoms with Crippen molar-refractivity contribution in [1.29, 1.82) is 0 Å². The quantitative estimate of drug-likeness (QED) is 0.274. The minimum absolute atomic E-state index is 0.0226. The second kappa shape index (κ2) is 12.7. The van der Waals surface area contributed by atoms with Gasteiger partial charge in [-0.2, -0.15) is 0 Å². The van der Waals surface area contributed by atoms with Crippen molar-refractivity contribution in [2.24, 2.45) is 5.92 Å². The number of aromatic nitrogens is 2. The van der Waals surface area contributed by atoms with E-state index in [1.54, 1.807) is 39.0 Å². The number of carbonyl (C=O) groups excluding carboxylic acids is 5. The van der Waals surface area contributed by atoms with E-state index in [9.17, 15) is 24.0 Å². The fraction of sp³-hybridized carbons (Fsp3) is 0.367. The molecular weight excluding hydrogens is 524 g/mol. The molecule has 2 heterocycles. The van der Waals surface area contributed by atoms with E-state index in [4.69, 9.17) is 0 Å². The summed E-state index contributed by atoms with van der Waals surface area (Å²) in [5.41, 5.74) is 1.25. The highest BCUT2D eigenvalue weighted by Gasteiger charge is 2.36. The second-order valence-corrected chi connectivity index (χ2v) is 11.1. The van der Waals surface area contributed by atoms with Crippen LogP contribution in [0.5, 0.6) is 0 Å². The molecule has 0 bridgehead atoms. The molecule has 0 radical (unpaired) electrons. The van der Waals surface area contributed by atoms with Crippen LogP contribution in [-0.4, -0.2) is 63.5 Å². The standard InChI is InChI=1S/C30H34N6O5/c1-30(2,3)36-29(41)25(37)22(16-19-13-14-31-26(19)38)34-27(39)23(15-18-9-5-4-6-10-18)35-28(40)24-17-32-20-11-7-8-12-21(20)33-24/h4-12,17,19,22-23H,13-16H2,1-3H3,(H,31,38)(H,34,39)(H,35,40)(H,36,41)/t19-,22?,23-/m0/s1.